The van der Waals surface area contributed by atoms with Crippen molar-refractivity contribution >= 4 is 5.91 Å². The Morgan fingerprint density at radius 1 is 1.56 bits per heavy atom. The van der Waals surface area contributed by atoms with Crippen LogP contribution in [0.5, 0.6) is 0 Å². The minimum absolute atomic E-state index is 0.00395. The van der Waals surface area contributed by atoms with Gasteiger partial charge in [0, 0.05) is 25.7 Å². The molecule has 4 nitrogen and oxygen atoms in total. The molecular weight excluding hydrogens is 225 g/mol. The van der Waals surface area contributed by atoms with Crippen LogP contribution in [0, 0.1) is 0 Å². The monoisotopic (exact) mass is 240 g/mol. The van der Waals surface area contributed by atoms with Crippen molar-refractivity contribution in [3.63, 3.8) is 0 Å². The van der Waals surface area contributed by atoms with Crippen LogP contribution in [0.3, 0.4) is 0 Å². The molecule has 0 radical (unpaired) electrons. The predicted molar refractivity (Wildman–Crippen MR) is 50.9 cm³/mol. The zero-order valence-corrected chi connectivity index (χ0v) is 9.01. The van der Waals surface area contributed by atoms with E-state index < -0.39 is 25.3 Å². The molecule has 0 unspecified atom stereocenters. The molecule has 1 rings (SSSR count). The van der Waals surface area contributed by atoms with E-state index in [2.05, 4.69) is 10.1 Å². The number of hydrogen-bond acceptors (Lipinski definition) is 3. The van der Waals surface area contributed by atoms with Gasteiger partial charge in [-0.1, -0.05) is 0 Å². The lowest BCUT2D eigenvalue weighted by atomic mass is 10.2. The predicted octanol–water partition coefficient (Wildman–Crippen LogP) is 0.386. The second-order valence-electron chi connectivity index (χ2n) is 3.75. The number of carbonyl (C=O) groups is 1. The lowest BCUT2D eigenvalue weighted by Gasteiger charge is -2.33. The summed E-state index contributed by atoms with van der Waals surface area (Å²) in [6.07, 6.45) is -4.38. The first-order chi connectivity index (χ1) is 7.40. The minimum atomic E-state index is -4.38. The molecule has 0 aliphatic carbocycles. The Bertz CT molecular complexity index is 245. The number of alkyl halides is 3. The highest BCUT2D eigenvalue weighted by atomic mass is 19.4. The normalized spacial score (nSPS) is 22.2. The van der Waals surface area contributed by atoms with Crippen LogP contribution in [0.15, 0.2) is 0 Å². The van der Waals surface area contributed by atoms with Gasteiger partial charge in [-0.3, -0.25) is 4.79 Å². The van der Waals surface area contributed by atoms with E-state index in [1.807, 2.05) is 6.92 Å². The average Bonchev–Trinajstić information content (AvgIpc) is 2.16. The Morgan fingerprint density at radius 3 is 2.81 bits per heavy atom. The summed E-state index contributed by atoms with van der Waals surface area (Å²) in [4.78, 5) is 13.0. The third kappa shape index (κ3) is 4.36. The Kier molecular flexibility index (Phi) is 4.55. The van der Waals surface area contributed by atoms with Gasteiger partial charge in [-0.25, -0.2) is 0 Å². The van der Waals surface area contributed by atoms with Crippen molar-refractivity contribution in [1.82, 2.24) is 10.2 Å². The third-order valence-electron chi connectivity index (χ3n) is 2.31. The van der Waals surface area contributed by atoms with Gasteiger partial charge in [-0.05, 0) is 6.92 Å². The van der Waals surface area contributed by atoms with Gasteiger partial charge in [0.2, 0.25) is 5.91 Å². The SMILES string of the molecule is C[C@H]1CNCCN1C(=O)COCC(F)(F)F. The van der Waals surface area contributed by atoms with E-state index in [9.17, 15) is 18.0 Å². The number of nitrogens with zero attached hydrogens (tertiary/aromatic N) is 1. The van der Waals surface area contributed by atoms with Crippen molar-refractivity contribution in [1.29, 1.82) is 0 Å². The van der Waals surface area contributed by atoms with E-state index in [0.29, 0.717) is 19.6 Å². The molecule has 1 atom stereocenters. The number of piperazine rings is 1. The summed E-state index contributed by atoms with van der Waals surface area (Å²) in [5.41, 5.74) is 0. The largest absolute Gasteiger partial charge is 0.411 e. The summed E-state index contributed by atoms with van der Waals surface area (Å²) in [6, 6.07) is -0.00395. The molecular formula is C9H15F3N2O2. The number of carbonyl (C=O) groups excluding carboxylic acids is 1. The number of amides is 1. The van der Waals surface area contributed by atoms with Crippen LogP contribution >= 0.6 is 0 Å². The van der Waals surface area contributed by atoms with Gasteiger partial charge in [0.05, 0.1) is 0 Å². The molecule has 0 aromatic carbocycles. The number of nitrogens with one attached hydrogen (secondary N) is 1. The fourth-order valence-corrected chi connectivity index (χ4v) is 1.55. The Hall–Kier alpha value is -0.820. The van der Waals surface area contributed by atoms with Crippen LogP contribution in [0.4, 0.5) is 13.2 Å². The van der Waals surface area contributed by atoms with E-state index in [4.69, 9.17) is 0 Å². The topological polar surface area (TPSA) is 41.6 Å². The summed E-state index contributed by atoms with van der Waals surface area (Å²) in [5, 5.41) is 3.09. The van der Waals surface area contributed by atoms with Crippen LogP contribution in [0.1, 0.15) is 6.92 Å². The van der Waals surface area contributed by atoms with Crippen LogP contribution < -0.4 is 5.32 Å². The van der Waals surface area contributed by atoms with Gasteiger partial charge in [0.1, 0.15) is 13.2 Å². The highest BCUT2D eigenvalue weighted by Gasteiger charge is 2.29. The second-order valence-corrected chi connectivity index (χ2v) is 3.75. The van der Waals surface area contributed by atoms with E-state index >= 15 is 0 Å². The maximum atomic E-state index is 11.8. The molecule has 1 N–H and O–H groups in total. The lowest BCUT2D eigenvalue weighted by molar-refractivity contribution is -0.178. The van der Waals surface area contributed by atoms with E-state index in [-0.39, 0.29) is 6.04 Å². The fraction of sp³-hybridized carbons (Fsp3) is 0.889. The van der Waals surface area contributed by atoms with Gasteiger partial charge in [0.25, 0.3) is 0 Å². The second kappa shape index (κ2) is 5.49. The van der Waals surface area contributed by atoms with Crippen molar-refractivity contribution in [2.24, 2.45) is 0 Å². The average molecular weight is 240 g/mol. The van der Waals surface area contributed by atoms with Crippen molar-refractivity contribution in [3.05, 3.63) is 0 Å². The van der Waals surface area contributed by atoms with Crippen LogP contribution in [0.25, 0.3) is 0 Å². The van der Waals surface area contributed by atoms with Crippen LogP contribution in [0.2, 0.25) is 0 Å². The standard InChI is InChI=1S/C9H15F3N2O2/c1-7-4-13-2-3-14(7)8(15)5-16-6-9(10,11)12/h7,13H,2-6H2,1H3/t7-/m0/s1. The molecule has 1 heterocycles. The Balaban J connectivity index is 2.29. The molecule has 1 aliphatic rings. The van der Waals surface area contributed by atoms with Crippen LogP contribution in [-0.2, 0) is 9.53 Å². The van der Waals surface area contributed by atoms with Crippen molar-refractivity contribution < 1.29 is 22.7 Å². The van der Waals surface area contributed by atoms with Crippen molar-refractivity contribution in [3.8, 4) is 0 Å². The molecule has 1 saturated heterocycles. The summed E-state index contributed by atoms with van der Waals surface area (Å²) >= 11 is 0. The zero-order valence-electron chi connectivity index (χ0n) is 9.01. The van der Waals surface area contributed by atoms with Gasteiger partial charge in [-0.2, -0.15) is 13.2 Å². The van der Waals surface area contributed by atoms with Gasteiger partial charge in [-0.15, -0.1) is 0 Å². The van der Waals surface area contributed by atoms with E-state index in [1.165, 1.54) is 4.90 Å². The number of halogens is 3. The quantitative estimate of drug-likeness (QED) is 0.775. The molecule has 0 bridgehead atoms. The molecule has 0 aromatic rings. The third-order valence-corrected chi connectivity index (χ3v) is 2.31. The molecule has 0 spiro atoms. The number of hydrogen-bond donors (Lipinski definition) is 1. The molecule has 0 aromatic heterocycles. The first-order valence-corrected chi connectivity index (χ1v) is 5.05. The van der Waals surface area contributed by atoms with E-state index in [1.54, 1.807) is 0 Å². The van der Waals surface area contributed by atoms with Crippen molar-refractivity contribution in [2.45, 2.75) is 19.1 Å². The van der Waals surface area contributed by atoms with E-state index in [0.717, 1.165) is 0 Å². The lowest BCUT2D eigenvalue weighted by Crippen LogP contribution is -2.53. The maximum Gasteiger partial charge on any atom is 0.411 e. The number of rotatable bonds is 3. The summed E-state index contributed by atoms with van der Waals surface area (Å²) in [6.45, 7) is 1.78. The molecule has 16 heavy (non-hydrogen) atoms. The Morgan fingerprint density at radius 2 is 2.25 bits per heavy atom. The Labute approximate surface area is 91.7 Å². The minimum Gasteiger partial charge on any atom is -0.362 e. The molecule has 1 aliphatic heterocycles. The highest BCUT2D eigenvalue weighted by molar-refractivity contribution is 5.77. The molecule has 0 saturated carbocycles. The number of ether oxygens (including phenoxy) is 1. The molecule has 7 heteroatoms. The van der Waals surface area contributed by atoms with Gasteiger partial charge >= 0.3 is 6.18 Å². The molecule has 1 fully saturated rings. The van der Waals surface area contributed by atoms with Gasteiger partial charge in [0.15, 0.2) is 0 Å². The summed E-state index contributed by atoms with van der Waals surface area (Å²) in [7, 11) is 0. The zero-order chi connectivity index (χ0) is 12.2. The first-order valence-electron chi connectivity index (χ1n) is 5.05. The fourth-order valence-electron chi connectivity index (χ4n) is 1.55. The van der Waals surface area contributed by atoms with Crippen molar-refractivity contribution in [2.75, 3.05) is 32.8 Å². The molecule has 94 valence electrons. The van der Waals surface area contributed by atoms with Crippen LogP contribution in [-0.4, -0.2) is 55.9 Å². The summed E-state index contributed by atoms with van der Waals surface area (Å²) in [5.74, 6) is -0.391. The first kappa shape index (κ1) is 13.2. The maximum absolute atomic E-state index is 11.8. The highest BCUT2D eigenvalue weighted by Crippen LogP contribution is 2.14. The van der Waals surface area contributed by atoms with Gasteiger partial charge < -0.3 is 15.0 Å². The summed E-state index contributed by atoms with van der Waals surface area (Å²) < 4.78 is 39.6. The smallest absolute Gasteiger partial charge is 0.362 e. The molecule has 1 amide bonds.